The molecule has 1 aliphatic heterocycles. The van der Waals surface area contributed by atoms with E-state index in [2.05, 4.69) is 46.5 Å². The van der Waals surface area contributed by atoms with Crippen molar-refractivity contribution in [1.29, 1.82) is 0 Å². The highest BCUT2D eigenvalue weighted by Gasteiger charge is 2.24. The molecule has 0 unspecified atom stereocenters. The Labute approximate surface area is 143 Å². The highest BCUT2D eigenvalue weighted by Crippen LogP contribution is 2.32. The molecule has 24 heavy (non-hydrogen) atoms. The number of rotatable bonds is 4. The van der Waals surface area contributed by atoms with E-state index < -0.39 is 0 Å². The number of benzene rings is 1. The number of ether oxygens (including phenoxy) is 1. The normalized spacial score (nSPS) is 20.4. The predicted molar refractivity (Wildman–Crippen MR) is 95.3 cm³/mol. The summed E-state index contributed by atoms with van der Waals surface area (Å²) in [5.74, 6) is 1.24. The number of morpholine rings is 1. The van der Waals surface area contributed by atoms with Crippen LogP contribution in [-0.4, -0.2) is 36.1 Å². The SMILES string of the molecule is Cc1nn(C)c(N2CCOCC2)c1CN[C@@H]1CCc2ccccc21. The van der Waals surface area contributed by atoms with E-state index in [-0.39, 0.29) is 0 Å². The molecule has 2 aliphatic rings. The summed E-state index contributed by atoms with van der Waals surface area (Å²) in [4.78, 5) is 2.41. The Morgan fingerprint density at radius 1 is 1.25 bits per heavy atom. The number of anilines is 1. The topological polar surface area (TPSA) is 42.3 Å². The second kappa shape index (κ2) is 6.57. The second-order valence-corrected chi connectivity index (χ2v) is 6.78. The van der Waals surface area contributed by atoms with Crippen LogP contribution in [0, 0.1) is 6.92 Å². The molecular formula is C19H26N4O. The van der Waals surface area contributed by atoms with Crippen molar-refractivity contribution in [3.8, 4) is 0 Å². The van der Waals surface area contributed by atoms with E-state index in [0.29, 0.717) is 6.04 Å². The highest BCUT2D eigenvalue weighted by molar-refractivity contribution is 5.50. The lowest BCUT2D eigenvalue weighted by molar-refractivity contribution is 0.122. The average Bonchev–Trinajstić information content (AvgIpc) is 3.14. The molecule has 2 heterocycles. The minimum atomic E-state index is 0.457. The van der Waals surface area contributed by atoms with Crippen LogP contribution < -0.4 is 10.2 Å². The fourth-order valence-electron chi connectivity index (χ4n) is 4.06. The predicted octanol–water partition coefficient (Wildman–Crippen LogP) is 2.34. The third-order valence-corrected chi connectivity index (χ3v) is 5.28. The molecule has 1 aromatic heterocycles. The zero-order valence-electron chi connectivity index (χ0n) is 14.6. The number of hydrogen-bond donors (Lipinski definition) is 1. The van der Waals surface area contributed by atoms with Crippen LogP contribution in [0.4, 0.5) is 5.82 Å². The summed E-state index contributed by atoms with van der Waals surface area (Å²) >= 11 is 0. The summed E-state index contributed by atoms with van der Waals surface area (Å²) in [6.45, 7) is 6.46. The first-order valence-electron chi connectivity index (χ1n) is 8.90. The van der Waals surface area contributed by atoms with Gasteiger partial charge in [0.2, 0.25) is 0 Å². The van der Waals surface area contributed by atoms with Crippen LogP contribution >= 0.6 is 0 Å². The molecule has 128 valence electrons. The van der Waals surface area contributed by atoms with Gasteiger partial charge in [0.05, 0.1) is 18.9 Å². The smallest absolute Gasteiger partial charge is 0.131 e. The summed E-state index contributed by atoms with van der Waals surface area (Å²) in [6, 6.07) is 9.26. The van der Waals surface area contributed by atoms with Crippen molar-refractivity contribution in [3.63, 3.8) is 0 Å². The monoisotopic (exact) mass is 326 g/mol. The Hall–Kier alpha value is -1.85. The second-order valence-electron chi connectivity index (χ2n) is 6.78. The van der Waals surface area contributed by atoms with Crippen molar-refractivity contribution >= 4 is 5.82 Å². The lowest BCUT2D eigenvalue weighted by Gasteiger charge is -2.30. The van der Waals surface area contributed by atoms with Crippen molar-refractivity contribution in [3.05, 3.63) is 46.6 Å². The van der Waals surface area contributed by atoms with Gasteiger partial charge < -0.3 is 15.0 Å². The van der Waals surface area contributed by atoms with Crippen molar-refractivity contribution in [2.45, 2.75) is 32.4 Å². The Kier molecular flexibility index (Phi) is 4.29. The Morgan fingerprint density at radius 2 is 2.04 bits per heavy atom. The summed E-state index contributed by atoms with van der Waals surface area (Å²) in [5.41, 5.74) is 5.40. The Balaban J connectivity index is 1.53. The van der Waals surface area contributed by atoms with Crippen LogP contribution in [0.25, 0.3) is 0 Å². The number of aromatic nitrogens is 2. The van der Waals surface area contributed by atoms with Gasteiger partial charge in [-0.3, -0.25) is 4.68 Å². The lowest BCUT2D eigenvalue weighted by atomic mass is 10.1. The van der Waals surface area contributed by atoms with Crippen LogP contribution in [0.2, 0.25) is 0 Å². The molecule has 4 rings (SSSR count). The maximum Gasteiger partial charge on any atom is 0.131 e. The molecule has 1 fully saturated rings. The van der Waals surface area contributed by atoms with Gasteiger partial charge in [-0.1, -0.05) is 24.3 Å². The number of hydrogen-bond acceptors (Lipinski definition) is 4. The number of aryl methyl sites for hydroxylation is 3. The van der Waals surface area contributed by atoms with Crippen LogP contribution in [-0.2, 0) is 24.8 Å². The van der Waals surface area contributed by atoms with E-state index in [4.69, 9.17) is 4.74 Å². The first-order valence-corrected chi connectivity index (χ1v) is 8.90. The van der Waals surface area contributed by atoms with Crippen molar-refractivity contribution in [1.82, 2.24) is 15.1 Å². The van der Waals surface area contributed by atoms with Gasteiger partial charge in [0.15, 0.2) is 0 Å². The molecule has 1 aromatic carbocycles. The first-order chi connectivity index (χ1) is 11.7. The molecule has 0 radical (unpaired) electrons. The zero-order chi connectivity index (χ0) is 16.5. The van der Waals surface area contributed by atoms with Crippen molar-refractivity contribution in [2.24, 2.45) is 7.05 Å². The van der Waals surface area contributed by atoms with Crippen molar-refractivity contribution in [2.75, 3.05) is 31.2 Å². The molecule has 0 amide bonds. The summed E-state index contributed by atoms with van der Waals surface area (Å²) < 4.78 is 7.53. The standard InChI is InChI=1S/C19H26N4O/c1-14-17(19(22(2)21-14)23-9-11-24-12-10-23)13-20-18-8-7-15-5-3-4-6-16(15)18/h3-6,18,20H,7-13H2,1-2H3/t18-/m1/s1. The maximum absolute atomic E-state index is 5.50. The Bertz CT molecular complexity index is 718. The molecule has 1 aliphatic carbocycles. The molecule has 2 aromatic rings. The van der Waals surface area contributed by atoms with E-state index in [1.165, 1.54) is 35.3 Å². The van der Waals surface area contributed by atoms with Gasteiger partial charge in [-0.05, 0) is 30.9 Å². The first kappa shape index (κ1) is 15.7. The lowest BCUT2D eigenvalue weighted by Crippen LogP contribution is -2.38. The minimum absolute atomic E-state index is 0.457. The van der Waals surface area contributed by atoms with Gasteiger partial charge in [0.1, 0.15) is 5.82 Å². The summed E-state index contributed by atoms with van der Waals surface area (Å²) in [7, 11) is 2.05. The molecule has 0 spiro atoms. The van der Waals surface area contributed by atoms with E-state index in [9.17, 15) is 0 Å². The van der Waals surface area contributed by atoms with Crippen LogP contribution in [0.15, 0.2) is 24.3 Å². The average molecular weight is 326 g/mol. The number of nitrogens with one attached hydrogen (secondary N) is 1. The zero-order valence-corrected chi connectivity index (χ0v) is 14.6. The molecule has 5 nitrogen and oxygen atoms in total. The largest absolute Gasteiger partial charge is 0.378 e. The third-order valence-electron chi connectivity index (χ3n) is 5.28. The van der Waals surface area contributed by atoms with Crippen LogP contribution in [0.3, 0.4) is 0 Å². The Morgan fingerprint density at radius 3 is 2.88 bits per heavy atom. The van der Waals surface area contributed by atoms with Crippen molar-refractivity contribution < 1.29 is 4.74 Å². The molecule has 0 bridgehead atoms. The molecule has 0 saturated carbocycles. The van der Waals surface area contributed by atoms with Crippen LogP contribution in [0.1, 0.15) is 34.8 Å². The van der Waals surface area contributed by atoms with Gasteiger partial charge in [0.25, 0.3) is 0 Å². The fraction of sp³-hybridized carbons (Fsp3) is 0.526. The third kappa shape index (κ3) is 2.82. The van der Waals surface area contributed by atoms with E-state index in [0.717, 1.165) is 38.5 Å². The number of fused-ring (bicyclic) bond motifs is 1. The molecule has 1 saturated heterocycles. The number of nitrogens with zero attached hydrogens (tertiary/aromatic N) is 3. The van der Waals surface area contributed by atoms with E-state index in [1.54, 1.807) is 0 Å². The fourth-order valence-corrected chi connectivity index (χ4v) is 4.06. The minimum Gasteiger partial charge on any atom is -0.378 e. The highest BCUT2D eigenvalue weighted by atomic mass is 16.5. The van der Waals surface area contributed by atoms with Gasteiger partial charge in [0, 0.05) is 38.3 Å². The van der Waals surface area contributed by atoms with Gasteiger partial charge in [-0.25, -0.2) is 0 Å². The molecular weight excluding hydrogens is 300 g/mol. The van der Waals surface area contributed by atoms with Gasteiger partial charge in [-0.15, -0.1) is 0 Å². The summed E-state index contributed by atoms with van der Waals surface area (Å²) in [6.07, 6.45) is 2.36. The quantitative estimate of drug-likeness (QED) is 0.936. The van der Waals surface area contributed by atoms with Gasteiger partial charge >= 0.3 is 0 Å². The summed E-state index contributed by atoms with van der Waals surface area (Å²) in [5, 5.41) is 8.45. The van der Waals surface area contributed by atoms with Gasteiger partial charge in [-0.2, -0.15) is 5.10 Å². The van der Waals surface area contributed by atoms with E-state index >= 15 is 0 Å². The van der Waals surface area contributed by atoms with E-state index in [1.807, 2.05) is 11.7 Å². The molecule has 5 heteroatoms. The maximum atomic E-state index is 5.50. The van der Waals surface area contributed by atoms with Crippen LogP contribution in [0.5, 0.6) is 0 Å². The molecule has 1 atom stereocenters. The molecule has 1 N–H and O–H groups in total.